The van der Waals surface area contributed by atoms with Gasteiger partial charge in [0.2, 0.25) is 0 Å². The summed E-state index contributed by atoms with van der Waals surface area (Å²) in [5.41, 5.74) is -1.01. The first-order valence-electron chi connectivity index (χ1n) is 7.35. The van der Waals surface area contributed by atoms with Gasteiger partial charge in [-0.15, -0.1) is 0 Å². The highest BCUT2D eigenvalue weighted by Gasteiger charge is 2.52. The average molecular weight is 297 g/mol. The first-order valence-corrected chi connectivity index (χ1v) is 7.35. The van der Waals surface area contributed by atoms with Crippen LogP contribution >= 0.6 is 0 Å². The van der Waals surface area contributed by atoms with Crippen LogP contribution in [0.1, 0.15) is 46.5 Å². The molecule has 118 valence electrons. The minimum atomic E-state index is -0.897. The lowest BCUT2D eigenvalue weighted by Crippen LogP contribution is -2.47. The molecule has 0 aromatic heterocycles. The molecule has 1 unspecified atom stereocenters. The molecule has 1 saturated heterocycles. The molecule has 1 amide bonds. The first kappa shape index (κ1) is 15.8. The second kappa shape index (κ2) is 5.31. The second-order valence-electron chi connectivity index (χ2n) is 7.14. The van der Waals surface area contributed by atoms with E-state index in [1.165, 1.54) is 0 Å². The van der Waals surface area contributed by atoms with E-state index in [9.17, 15) is 19.5 Å². The summed E-state index contributed by atoms with van der Waals surface area (Å²) in [7, 11) is 0. The van der Waals surface area contributed by atoms with Gasteiger partial charge >= 0.3 is 12.1 Å². The largest absolute Gasteiger partial charge is 0.481 e. The van der Waals surface area contributed by atoms with E-state index in [0.717, 1.165) is 0 Å². The Morgan fingerprint density at radius 2 is 1.86 bits per heavy atom. The molecule has 6 nitrogen and oxygen atoms in total. The number of carbonyl (C=O) groups excluding carboxylic acids is 2. The number of carbonyl (C=O) groups is 3. The molecule has 1 saturated carbocycles. The predicted molar refractivity (Wildman–Crippen MR) is 74.8 cm³/mol. The summed E-state index contributed by atoms with van der Waals surface area (Å²) in [5, 5.41) is 9.32. The molecule has 0 radical (unpaired) electrons. The van der Waals surface area contributed by atoms with Crippen molar-refractivity contribution >= 4 is 17.8 Å². The maximum Gasteiger partial charge on any atom is 0.410 e. The van der Waals surface area contributed by atoms with Crippen LogP contribution in [0.15, 0.2) is 0 Å². The van der Waals surface area contributed by atoms with Crippen LogP contribution in [0.2, 0.25) is 0 Å². The van der Waals surface area contributed by atoms with Gasteiger partial charge in [0.1, 0.15) is 11.4 Å². The Kier molecular flexibility index (Phi) is 4.00. The molecule has 2 fully saturated rings. The van der Waals surface area contributed by atoms with E-state index in [1.54, 1.807) is 4.90 Å². The van der Waals surface area contributed by atoms with Crippen molar-refractivity contribution in [2.45, 2.75) is 52.1 Å². The lowest BCUT2D eigenvalue weighted by Gasteiger charge is -2.41. The lowest BCUT2D eigenvalue weighted by molar-refractivity contribution is -0.146. The summed E-state index contributed by atoms with van der Waals surface area (Å²) < 4.78 is 5.33. The standard InChI is InChI=1S/C15H23NO5/c1-14(2,3)21-13(20)16-6-4-15(5-7-16)9-10(17)8-11(15)12(18)19/h11H,4-9H2,1-3H3,(H,18,19). The quantitative estimate of drug-likeness (QED) is 0.801. The molecule has 2 rings (SSSR count). The Morgan fingerprint density at radius 1 is 1.29 bits per heavy atom. The summed E-state index contributed by atoms with van der Waals surface area (Å²) in [6.45, 7) is 6.34. The Labute approximate surface area is 124 Å². The fraction of sp³-hybridized carbons (Fsp3) is 0.800. The van der Waals surface area contributed by atoms with E-state index in [1.807, 2.05) is 20.8 Å². The first-order chi connectivity index (χ1) is 9.63. The number of hydrogen-bond donors (Lipinski definition) is 1. The molecule has 1 aliphatic carbocycles. The normalized spacial score (nSPS) is 25.2. The van der Waals surface area contributed by atoms with Crippen molar-refractivity contribution in [3.8, 4) is 0 Å². The SMILES string of the molecule is CC(C)(C)OC(=O)N1CCC2(CC1)CC(=O)CC2C(=O)O. The van der Waals surface area contributed by atoms with Gasteiger partial charge in [-0.1, -0.05) is 0 Å². The Hall–Kier alpha value is -1.59. The van der Waals surface area contributed by atoms with Crippen molar-refractivity contribution in [1.29, 1.82) is 0 Å². The molecule has 1 heterocycles. The van der Waals surface area contributed by atoms with E-state index in [0.29, 0.717) is 32.4 Å². The smallest absolute Gasteiger partial charge is 0.410 e. The van der Waals surface area contributed by atoms with E-state index in [-0.39, 0.29) is 18.3 Å². The highest BCUT2D eigenvalue weighted by Crippen LogP contribution is 2.49. The summed E-state index contributed by atoms with van der Waals surface area (Å²) in [5.74, 6) is -1.48. The van der Waals surface area contributed by atoms with Crippen LogP contribution in [0.25, 0.3) is 0 Å². The predicted octanol–water partition coefficient (Wildman–Crippen LogP) is 2.07. The number of ether oxygens (including phenoxy) is 1. The zero-order valence-electron chi connectivity index (χ0n) is 12.8. The average Bonchev–Trinajstić information content (AvgIpc) is 2.65. The highest BCUT2D eigenvalue weighted by atomic mass is 16.6. The van der Waals surface area contributed by atoms with Crippen molar-refractivity contribution in [3.63, 3.8) is 0 Å². The number of amides is 1. The molecule has 2 aliphatic rings. The second-order valence-corrected chi connectivity index (χ2v) is 7.14. The fourth-order valence-electron chi connectivity index (χ4n) is 3.37. The number of aliphatic carboxylic acids is 1. The van der Waals surface area contributed by atoms with Crippen LogP contribution in [-0.2, 0) is 14.3 Å². The topological polar surface area (TPSA) is 83.9 Å². The fourth-order valence-corrected chi connectivity index (χ4v) is 3.37. The van der Waals surface area contributed by atoms with Gasteiger partial charge in [-0.3, -0.25) is 9.59 Å². The Morgan fingerprint density at radius 3 is 2.33 bits per heavy atom. The minimum Gasteiger partial charge on any atom is -0.481 e. The monoisotopic (exact) mass is 297 g/mol. The van der Waals surface area contributed by atoms with Crippen molar-refractivity contribution in [3.05, 3.63) is 0 Å². The number of hydrogen-bond acceptors (Lipinski definition) is 4. The van der Waals surface area contributed by atoms with Crippen LogP contribution in [0.5, 0.6) is 0 Å². The third kappa shape index (κ3) is 3.36. The molecule has 0 aromatic carbocycles. The van der Waals surface area contributed by atoms with Crippen molar-refractivity contribution in [2.24, 2.45) is 11.3 Å². The summed E-state index contributed by atoms with van der Waals surface area (Å²) >= 11 is 0. The number of rotatable bonds is 1. The van der Waals surface area contributed by atoms with Gasteiger partial charge < -0.3 is 14.7 Å². The van der Waals surface area contributed by atoms with E-state index >= 15 is 0 Å². The van der Waals surface area contributed by atoms with Crippen molar-refractivity contribution < 1.29 is 24.2 Å². The van der Waals surface area contributed by atoms with Gasteiger partial charge in [0.15, 0.2) is 0 Å². The van der Waals surface area contributed by atoms with Crippen molar-refractivity contribution in [1.82, 2.24) is 4.90 Å². The van der Waals surface area contributed by atoms with Gasteiger partial charge in [0.25, 0.3) is 0 Å². The molecule has 1 atom stereocenters. The van der Waals surface area contributed by atoms with Crippen LogP contribution < -0.4 is 0 Å². The molecule has 21 heavy (non-hydrogen) atoms. The molecule has 6 heteroatoms. The highest BCUT2D eigenvalue weighted by molar-refractivity contribution is 5.89. The molecule has 1 N–H and O–H groups in total. The Bertz CT molecular complexity index is 457. The maximum atomic E-state index is 12.0. The van der Waals surface area contributed by atoms with Gasteiger partial charge in [-0.25, -0.2) is 4.79 Å². The zero-order valence-corrected chi connectivity index (χ0v) is 12.8. The van der Waals surface area contributed by atoms with Gasteiger partial charge in [-0.05, 0) is 39.0 Å². The molecular weight excluding hydrogens is 274 g/mol. The summed E-state index contributed by atoms with van der Waals surface area (Å²) in [4.78, 5) is 36.7. The number of likely N-dealkylation sites (tertiary alicyclic amines) is 1. The molecular formula is C15H23NO5. The van der Waals surface area contributed by atoms with E-state index in [2.05, 4.69) is 0 Å². The van der Waals surface area contributed by atoms with Gasteiger partial charge in [0, 0.05) is 25.9 Å². The number of ketones is 1. The molecule has 1 spiro atoms. The van der Waals surface area contributed by atoms with Crippen LogP contribution in [-0.4, -0.2) is 46.5 Å². The van der Waals surface area contributed by atoms with Gasteiger partial charge in [-0.2, -0.15) is 0 Å². The number of carboxylic acids is 1. The van der Waals surface area contributed by atoms with Crippen molar-refractivity contribution in [2.75, 3.05) is 13.1 Å². The van der Waals surface area contributed by atoms with E-state index < -0.39 is 22.9 Å². The summed E-state index contributed by atoms with van der Waals surface area (Å²) in [6, 6.07) is 0. The third-order valence-electron chi connectivity index (χ3n) is 4.43. The lowest BCUT2D eigenvalue weighted by atomic mass is 9.70. The molecule has 0 aromatic rings. The van der Waals surface area contributed by atoms with Crippen LogP contribution in [0.4, 0.5) is 4.79 Å². The van der Waals surface area contributed by atoms with Crippen LogP contribution in [0, 0.1) is 11.3 Å². The van der Waals surface area contributed by atoms with Gasteiger partial charge in [0.05, 0.1) is 5.92 Å². The zero-order chi connectivity index (χ0) is 15.8. The van der Waals surface area contributed by atoms with Crippen LogP contribution in [0.3, 0.4) is 0 Å². The number of piperidine rings is 1. The van der Waals surface area contributed by atoms with E-state index in [4.69, 9.17) is 4.74 Å². The number of Topliss-reactive ketones (excluding diaryl/α,β-unsaturated/α-hetero) is 1. The molecule has 0 bridgehead atoms. The number of carboxylic acid groups (broad SMARTS) is 1. The number of nitrogens with zero attached hydrogens (tertiary/aromatic N) is 1. The maximum absolute atomic E-state index is 12.0. The molecule has 1 aliphatic heterocycles. The Balaban J connectivity index is 2.01. The third-order valence-corrected chi connectivity index (χ3v) is 4.43. The minimum absolute atomic E-state index is 0.0214. The summed E-state index contributed by atoms with van der Waals surface area (Å²) in [6.07, 6.45) is 1.19.